The van der Waals surface area contributed by atoms with Crippen molar-refractivity contribution < 1.29 is 0 Å². The lowest BCUT2D eigenvalue weighted by atomic mass is 9.74. The van der Waals surface area contributed by atoms with Gasteiger partial charge in [0.05, 0.1) is 11.0 Å². The van der Waals surface area contributed by atoms with E-state index in [1.807, 2.05) is 0 Å². The molecule has 10 aromatic rings. The summed E-state index contributed by atoms with van der Waals surface area (Å²) in [6, 6.07) is 78.7. The van der Waals surface area contributed by atoms with Gasteiger partial charge in [-0.2, -0.15) is 0 Å². The van der Waals surface area contributed by atoms with Crippen LogP contribution in [0.15, 0.2) is 271 Å². The summed E-state index contributed by atoms with van der Waals surface area (Å²) in [6.45, 7) is 13.3. The highest BCUT2D eigenvalue weighted by molar-refractivity contribution is 6.15. The maximum atomic E-state index is 5.58. The first-order chi connectivity index (χ1) is 36.9. The van der Waals surface area contributed by atoms with E-state index in [1.54, 1.807) is 0 Å². The molecule has 0 N–H and O–H groups in total. The van der Waals surface area contributed by atoms with Crippen LogP contribution in [0.2, 0.25) is 0 Å². The van der Waals surface area contributed by atoms with Gasteiger partial charge in [-0.3, -0.25) is 4.57 Å². The van der Waals surface area contributed by atoms with Crippen LogP contribution in [0.25, 0.3) is 66.6 Å². The number of aryl methyl sites for hydroxylation is 1. The summed E-state index contributed by atoms with van der Waals surface area (Å²) in [7, 11) is 0. The van der Waals surface area contributed by atoms with Crippen molar-refractivity contribution in [2.45, 2.75) is 44.9 Å². The van der Waals surface area contributed by atoms with Crippen molar-refractivity contribution in [3.63, 3.8) is 0 Å². The van der Waals surface area contributed by atoms with Crippen LogP contribution >= 0.6 is 0 Å². The minimum absolute atomic E-state index is 0.0454. The molecular formula is C72H57N3. The Morgan fingerprint density at radius 2 is 1.27 bits per heavy atom. The Morgan fingerprint density at radius 3 is 2.07 bits per heavy atom. The molecule has 2 atom stereocenters. The second-order valence-corrected chi connectivity index (χ2v) is 19.9. The number of aliphatic imine (C=N–C) groups is 2. The highest BCUT2D eigenvalue weighted by atomic mass is 15.1. The molecule has 0 amide bonds. The standard InChI is InChI=1S/C72H57N3/c1-5-51(52-23-9-6-10-24-52)46-67-48(2)22-19-36-62(67)55-38-40-56(41-39-55)68-47-60-29-15-16-34-63(60)65-42-43-66-64-35-17-18-37-69(64)75(71(66)70(65)68)50(4)74-72(61-33-21-32-59(45-61)54-27-13-8-14-28-54)73-49(3)57-30-20-31-58(44-57)53-25-11-7-12-26-53/h6-43,45,58,68H,1,4,44,46-47H2,2-3H3/b73-49+,74-72-. The number of hydrogen-bond acceptors (Lipinski definition) is 1. The van der Waals surface area contributed by atoms with Crippen molar-refractivity contribution in [3.8, 4) is 33.4 Å². The largest absolute Gasteiger partial charge is 0.294 e. The minimum Gasteiger partial charge on any atom is -0.294 e. The maximum Gasteiger partial charge on any atom is 0.161 e. The normalized spacial score (nSPS) is 15.3. The lowest BCUT2D eigenvalue weighted by molar-refractivity contribution is 0.797. The van der Waals surface area contributed by atoms with Crippen LogP contribution in [0.4, 0.5) is 0 Å². The third-order valence-corrected chi connectivity index (χ3v) is 15.4. The molecule has 1 aromatic heterocycles. The summed E-state index contributed by atoms with van der Waals surface area (Å²) < 4.78 is 2.31. The number of nitrogens with zero attached hydrogens (tertiary/aromatic N) is 3. The molecule has 360 valence electrons. The molecule has 12 rings (SSSR count). The average molecular weight is 964 g/mol. The predicted octanol–water partition coefficient (Wildman–Crippen LogP) is 18.2. The molecule has 0 fully saturated rings. The molecule has 2 aliphatic carbocycles. The predicted molar refractivity (Wildman–Crippen MR) is 318 cm³/mol. The second kappa shape index (κ2) is 20.4. The molecule has 75 heavy (non-hydrogen) atoms. The lowest BCUT2D eigenvalue weighted by Crippen LogP contribution is -2.15. The minimum atomic E-state index is 0.0454. The summed E-state index contributed by atoms with van der Waals surface area (Å²) >= 11 is 0. The maximum absolute atomic E-state index is 5.58. The summed E-state index contributed by atoms with van der Waals surface area (Å²) in [5.41, 5.74) is 25.6. The zero-order valence-corrected chi connectivity index (χ0v) is 42.5. The number of allylic oxidation sites excluding steroid dienone is 5. The van der Waals surface area contributed by atoms with Gasteiger partial charge in [-0.25, -0.2) is 9.98 Å². The van der Waals surface area contributed by atoms with E-state index in [-0.39, 0.29) is 11.8 Å². The van der Waals surface area contributed by atoms with Gasteiger partial charge in [0.15, 0.2) is 5.84 Å². The highest BCUT2D eigenvalue weighted by Crippen LogP contribution is 2.49. The Bertz CT molecular complexity index is 3990. The van der Waals surface area contributed by atoms with E-state index in [9.17, 15) is 0 Å². The van der Waals surface area contributed by atoms with Crippen LogP contribution in [-0.4, -0.2) is 16.1 Å². The van der Waals surface area contributed by atoms with Gasteiger partial charge in [0, 0.05) is 45.9 Å². The zero-order valence-electron chi connectivity index (χ0n) is 42.5. The molecule has 3 nitrogen and oxygen atoms in total. The fourth-order valence-corrected chi connectivity index (χ4v) is 11.6. The van der Waals surface area contributed by atoms with Gasteiger partial charge in [-0.15, -0.1) is 5.73 Å². The Morgan fingerprint density at radius 1 is 0.587 bits per heavy atom. The van der Waals surface area contributed by atoms with Crippen molar-refractivity contribution in [3.05, 3.63) is 306 Å². The van der Waals surface area contributed by atoms with Gasteiger partial charge in [0.1, 0.15) is 5.82 Å². The Balaban J connectivity index is 0.999. The Hall–Kier alpha value is -9.14. The fourth-order valence-electron chi connectivity index (χ4n) is 11.6. The third-order valence-electron chi connectivity index (χ3n) is 15.4. The van der Waals surface area contributed by atoms with Crippen LogP contribution in [0, 0.1) is 6.92 Å². The van der Waals surface area contributed by atoms with E-state index < -0.39 is 0 Å². The third kappa shape index (κ3) is 9.10. The lowest BCUT2D eigenvalue weighted by Gasteiger charge is -2.30. The monoisotopic (exact) mass is 963 g/mol. The molecule has 0 aliphatic heterocycles. The van der Waals surface area contributed by atoms with Crippen LogP contribution in [0.3, 0.4) is 0 Å². The van der Waals surface area contributed by atoms with Gasteiger partial charge < -0.3 is 0 Å². The molecule has 0 spiro atoms. The summed E-state index contributed by atoms with van der Waals surface area (Å²) in [5, 5.41) is 2.34. The number of rotatable bonds is 11. The summed E-state index contributed by atoms with van der Waals surface area (Å²) in [5.74, 6) is 1.53. The first kappa shape index (κ1) is 46.9. The first-order valence-electron chi connectivity index (χ1n) is 26.1. The molecular weight excluding hydrogens is 907 g/mol. The molecule has 2 aliphatic rings. The number of para-hydroxylation sites is 1. The van der Waals surface area contributed by atoms with E-state index in [0.717, 1.165) is 69.2 Å². The molecule has 0 radical (unpaired) electrons. The Labute approximate surface area is 441 Å². The number of aromatic nitrogens is 1. The van der Waals surface area contributed by atoms with Gasteiger partial charge >= 0.3 is 0 Å². The number of fused-ring (bicyclic) bond motifs is 7. The smallest absolute Gasteiger partial charge is 0.161 e. The van der Waals surface area contributed by atoms with Gasteiger partial charge in [-0.05, 0) is 117 Å². The molecule has 3 heteroatoms. The molecule has 0 bridgehead atoms. The van der Waals surface area contributed by atoms with Crippen molar-refractivity contribution in [2.75, 3.05) is 0 Å². The van der Waals surface area contributed by atoms with Gasteiger partial charge in [0.2, 0.25) is 0 Å². The molecule has 2 unspecified atom stereocenters. The Kier molecular flexibility index (Phi) is 12.8. The zero-order chi connectivity index (χ0) is 50.8. The molecule has 9 aromatic carbocycles. The van der Waals surface area contributed by atoms with Crippen LogP contribution < -0.4 is 0 Å². The fraction of sp³-hybridized carbons (Fsp3) is 0.0972. The van der Waals surface area contributed by atoms with E-state index >= 15 is 0 Å². The molecule has 0 saturated heterocycles. The van der Waals surface area contributed by atoms with Crippen LogP contribution in [0.5, 0.6) is 0 Å². The van der Waals surface area contributed by atoms with E-state index in [0.29, 0.717) is 11.7 Å². The van der Waals surface area contributed by atoms with Crippen LogP contribution in [-0.2, 0) is 12.8 Å². The number of benzene rings is 9. The van der Waals surface area contributed by atoms with Crippen molar-refractivity contribution in [1.82, 2.24) is 4.57 Å². The highest BCUT2D eigenvalue weighted by Gasteiger charge is 2.31. The number of amidine groups is 1. The van der Waals surface area contributed by atoms with Crippen molar-refractivity contribution in [1.29, 1.82) is 0 Å². The summed E-state index contributed by atoms with van der Waals surface area (Å²) in [6.07, 6.45) is 9.12. The average Bonchev–Trinajstić information content (AvgIpc) is 3.89. The van der Waals surface area contributed by atoms with E-state index in [1.165, 1.54) is 66.6 Å². The quantitative estimate of drug-likeness (QED) is 0.0702. The van der Waals surface area contributed by atoms with E-state index in [2.05, 4.69) is 267 Å². The van der Waals surface area contributed by atoms with Crippen molar-refractivity contribution in [2.24, 2.45) is 9.98 Å². The van der Waals surface area contributed by atoms with Crippen LogP contribution in [0.1, 0.15) is 69.7 Å². The topological polar surface area (TPSA) is 29.6 Å². The first-order valence-corrected chi connectivity index (χ1v) is 26.1. The van der Waals surface area contributed by atoms with Gasteiger partial charge in [-0.1, -0.05) is 238 Å². The molecule has 1 heterocycles. The molecule has 0 saturated carbocycles. The SMILES string of the molecule is C=C=C(Cc1c(C)cccc1-c1ccc(C2Cc3ccccc3-c3ccc4c5ccccc5n(C(=C)/N=C(\N=C(/C)C5=CC=CC(c6ccccc6)C5)c5cccc(-c6ccccc6)c5)c4c32)cc1)c1ccccc1. The summed E-state index contributed by atoms with van der Waals surface area (Å²) in [4.78, 5) is 11.1. The van der Waals surface area contributed by atoms with Crippen molar-refractivity contribution >= 4 is 44.7 Å². The van der Waals surface area contributed by atoms with E-state index in [4.69, 9.17) is 16.6 Å². The van der Waals surface area contributed by atoms with Gasteiger partial charge in [0.25, 0.3) is 0 Å². The second-order valence-electron chi connectivity index (χ2n) is 19.9. The number of hydrogen-bond donors (Lipinski definition) is 0.